The lowest BCUT2D eigenvalue weighted by Gasteiger charge is -2.32. The molecule has 1 saturated heterocycles. The van der Waals surface area contributed by atoms with Crippen molar-refractivity contribution in [3.8, 4) is 0 Å². The fourth-order valence-corrected chi connectivity index (χ4v) is 3.06. The van der Waals surface area contributed by atoms with E-state index in [1.54, 1.807) is 11.8 Å². The third kappa shape index (κ3) is 3.53. The van der Waals surface area contributed by atoms with Gasteiger partial charge in [-0.3, -0.25) is 4.79 Å². The zero-order chi connectivity index (χ0) is 13.7. The van der Waals surface area contributed by atoms with Gasteiger partial charge in [0, 0.05) is 50.1 Å². The average Bonchev–Trinajstić information content (AvgIpc) is 2.93. The molecule has 0 saturated carbocycles. The van der Waals surface area contributed by atoms with E-state index >= 15 is 0 Å². The van der Waals surface area contributed by atoms with Crippen molar-refractivity contribution in [2.45, 2.75) is 38.6 Å². The van der Waals surface area contributed by atoms with Gasteiger partial charge in [0.15, 0.2) is 0 Å². The molecule has 0 N–H and O–H groups in total. The Morgan fingerprint density at radius 1 is 1.47 bits per heavy atom. The molecular formula is C14H23N3OS. The third-order valence-electron chi connectivity index (χ3n) is 3.82. The van der Waals surface area contributed by atoms with Crippen LogP contribution < -0.4 is 0 Å². The second-order valence-corrected chi connectivity index (χ2v) is 5.95. The highest BCUT2D eigenvalue weighted by molar-refractivity contribution is 7.98. The topological polar surface area (TPSA) is 38.1 Å². The minimum Gasteiger partial charge on any atom is -0.343 e. The highest BCUT2D eigenvalue weighted by Gasteiger charge is 2.25. The lowest BCUT2D eigenvalue weighted by Crippen LogP contribution is -2.38. The Kier molecular flexibility index (Phi) is 5.31. The van der Waals surface area contributed by atoms with E-state index in [2.05, 4.69) is 16.5 Å². The molecule has 1 aromatic heterocycles. The van der Waals surface area contributed by atoms with Gasteiger partial charge in [0.2, 0.25) is 5.91 Å². The van der Waals surface area contributed by atoms with Gasteiger partial charge in [0.05, 0.1) is 0 Å². The summed E-state index contributed by atoms with van der Waals surface area (Å²) in [5.41, 5.74) is 0. The molecule has 1 aliphatic rings. The van der Waals surface area contributed by atoms with E-state index in [1.807, 2.05) is 23.5 Å². The zero-order valence-corrected chi connectivity index (χ0v) is 12.7. The molecule has 1 amide bonds. The Bertz CT molecular complexity index is 411. The van der Waals surface area contributed by atoms with Crippen LogP contribution in [-0.2, 0) is 11.3 Å². The van der Waals surface area contributed by atoms with E-state index < -0.39 is 0 Å². The first kappa shape index (κ1) is 14.4. The molecule has 0 aromatic carbocycles. The van der Waals surface area contributed by atoms with Gasteiger partial charge >= 0.3 is 0 Å². The van der Waals surface area contributed by atoms with Crippen molar-refractivity contribution in [1.29, 1.82) is 0 Å². The summed E-state index contributed by atoms with van der Waals surface area (Å²) in [6.07, 6.45) is 8.74. The van der Waals surface area contributed by atoms with Crippen LogP contribution in [0.3, 0.4) is 0 Å². The quantitative estimate of drug-likeness (QED) is 0.831. The number of thioether (sulfide) groups is 1. The summed E-state index contributed by atoms with van der Waals surface area (Å²) >= 11 is 1.74. The van der Waals surface area contributed by atoms with Gasteiger partial charge in [-0.05, 0) is 26.0 Å². The second-order valence-electron chi connectivity index (χ2n) is 4.97. The van der Waals surface area contributed by atoms with E-state index in [0.717, 1.165) is 38.2 Å². The maximum Gasteiger partial charge on any atom is 0.223 e. The number of nitrogens with zero attached hydrogens (tertiary/aromatic N) is 3. The summed E-state index contributed by atoms with van der Waals surface area (Å²) in [6, 6.07) is 0. The minimum absolute atomic E-state index is 0.312. The molecule has 0 unspecified atom stereocenters. The first-order valence-electron chi connectivity index (χ1n) is 7.04. The average molecular weight is 281 g/mol. The predicted molar refractivity (Wildman–Crippen MR) is 79.5 cm³/mol. The van der Waals surface area contributed by atoms with Gasteiger partial charge in [-0.2, -0.15) is 11.8 Å². The Balaban J connectivity index is 1.87. The van der Waals surface area contributed by atoms with Gasteiger partial charge in [-0.25, -0.2) is 4.98 Å². The molecule has 2 rings (SSSR count). The van der Waals surface area contributed by atoms with Gasteiger partial charge in [-0.1, -0.05) is 0 Å². The van der Waals surface area contributed by atoms with Crippen LogP contribution in [0.4, 0.5) is 0 Å². The summed E-state index contributed by atoms with van der Waals surface area (Å²) in [6.45, 7) is 4.89. The molecular weight excluding hydrogens is 258 g/mol. The van der Waals surface area contributed by atoms with E-state index in [9.17, 15) is 4.79 Å². The van der Waals surface area contributed by atoms with Crippen molar-refractivity contribution in [1.82, 2.24) is 14.5 Å². The largest absolute Gasteiger partial charge is 0.343 e. The van der Waals surface area contributed by atoms with E-state index in [4.69, 9.17) is 0 Å². The number of rotatable bonds is 5. The summed E-state index contributed by atoms with van der Waals surface area (Å²) < 4.78 is 2.22. The molecule has 0 radical (unpaired) electrons. The second kappa shape index (κ2) is 6.98. The molecule has 19 heavy (non-hydrogen) atoms. The number of hydrogen-bond donors (Lipinski definition) is 0. The van der Waals surface area contributed by atoms with Crippen LogP contribution in [0.15, 0.2) is 12.4 Å². The smallest absolute Gasteiger partial charge is 0.223 e. The van der Waals surface area contributed by atoms with Gasteiger partial charge < -0.3 is 9.47 Å². The molecule has 0 atom stereocenters. The third-order valence-corrected chi connectivity index (χ3v) is 4.43. The normalized spacial score (nSPS) is 16.8. The van der Waals surface area contributed by atoms with Gasteiger partial charge in [-0.15, -0.1) is 0 Å². The summed E-state index contributed by atoms with van der Waals surface area (Å²) in [5, 5.41) is 0. The Labute approximate surface area is 119 Å². The Morgan fingerprint density at radius 2 is 2.21 bits per heavy atom. The van der Waals surface area contributed by atoms with Crippen LogP contribution >= 0.6 is 11.8 Å². The molecule has 0 bridgehead atoms. The van der Waals surface area contributed by atoms with Crippen molar-refractivity contribution >= 4 is 17.7 Å². The van der Waals surface area contributed by atoms with Crippen LogP contribution in [0.2, 0.25) is 0 Å². The Hall–Kier alpha value is -0.970. The first-order valence-corrected chi connectivity index (χ1v) is 8.43. The molecule has 1 aliphatic heterocycles. The van der Waals surface area contributed by atoms with Crippen LogP contribution in [0, 0.1) is 0 Å². The van der Waals surface area contributed by atoms with Crippen LogP contribution in [-0.4, -0.2) is 45.5 Å². The standard InChI is InChI=1S/C14H23N3OS/c1-3-16-10-7-15-14(16)12-4-8-17(9-5-12)13(18)6-11-19-2/h7,10,12H,3-6,8-9,11H2,1-2H3. The van der Waals surface area contributed by atoms with Crippen LogP contribution in [0.1, 0.15) is 37.9 Å². The molecule has 1 fully saturated rings. The predicted octanol–water partition coefficient (Wildman–Crippen LogP) is 2.36. The van der Waals surface area contributed by atoms with Crippen molar-refractivity contribution in [2.24, 2.45) is 0 Å². The van der Waals surface area contributed by atoms with Crippen LogP contribution in [0.25, 0.3) is 0 Å². The van der Waals surface area contributed by atoms with Gasteiger partial charge in [0.1, 0.15) is 5.82 Å². The van der Waals surface area contributed by atoms with E-state index in [1.165, 1.54) is 5.82 Å². The first-order chi connectivity index (χ1) is 9.26. The molecule has 0 aliphatic carbocycles. The van der Waals surface area contributed by atoms with E-state index in [0.29, 0.717) is 18.2 Å². The fourth-order valence-electron chi connectivity index (χ4n) is 2.68. The number of carbonyl (C=O) groups is 1. The zero-order valence-electron chi connectivity index (χ0n) is 11.8. The highest BCUT2D eigenvalue weighted by Crippen LogP contribution is 2.27. The minimum atomic E-state index is 0.312. The summed E-state index contributed by atoms with van der Waals surface area (Å²) in [7, 11) is 0. The van der Waals surface area contributed by atoms with Crippen molar-refractivity contribution < 1.29 is 4.79 Å². The van der Waals surface area contributed by atoms with Crippen molar-refractivity contribution in [2.75, 3.05) is 25.1 Å². The number of imidazole rings is 1. The van der Waals surface area contributed by atoms with E-state index in [-0.39, 0.29) is 0 Å². The molecule has 4 nitrogen and oxygen atoms in total. The SMILES string of the molecule is CCn1ccnc1C1CCN(C(=O)CCSC)CC1. The van der Waals surface area contributed by atoms with Crippen molar-refractivity contribution in [3.63, 3.8) is 0 Å². The number of piperidine rings is 1. The summed E-state index contributed by atoms with van der Waals surface area (Å²) in [4.78, 5) is 18.5. The number of carbonyl (C=O) groups excluding carboxylic acids is 1. The number of likely N-dealkylation sites (tertiary alicyclic amines) is 1. The molecule has 2 heterocycles. The lowest BCUT2D eigenvalue weighted by atomic mass is 9.95. The molecule has 106 valence electrons. The van der Waals surface area contributed by atoms with Crippen molar-refractivity contribution in [3.05, 3.63) is 18.2 Å². The molecule has 0 spiro atoms. The maximum absolute atomic E-state index is 12.0. The number of amides is 1. The lowest BCUT2D eigenvalue weighted by molar-refractivity contribution is -0.131. The van der Waals surface area contributed by atoms with Crippen LogP contribution in [0.5, 0.6) is 0 Å². The van der Waals surface area contributed by atoms with Gasteiger partial charge in [0.25, 0.3) is 0 Å². The Morgan fingerprint density at radius 3 is 2.84 bits per heavy atom. The number of aromatic nitrogens is 2. The fraction of sp³-hybridized carbons (Fsp3) is 0.714. The highest BCUT2D eigenvalue weighted by atomic mass is 32.2. The maximum atomic E-state index is 12.0. The molecule has 1 aromatic rings. The number of hydrogen-bond acceptors (Lipinski definition) is 3. The summed E-state index contributed by atoms with van der Waals surface area (Å²) in [5.74, 6) is 2.95. The monoisotopic (exact) mass is 281 g/mol. The number of aryl methyl sites for hydroxylation is 1. The molecule has 5 heteroatoms.